The van der Waals surface area contributed by atoms with E-state index in [2.05, 4.69) is 35.2 Å². The number of thiophene rings is 1. The molecule has 0 aliphatic carbocycles. The maximum Gasteiger partial charge on any atom is 0.141 e. The van der Waals surface area contributed by atoms with Gasteiger partial charge in [0.05, 0.1) is 23.2 Å². The van der Waals surface area contributed by atoms with Crippen molar-refractivity contribution in [3.63, 3.8) is 0 Å². The summed E-state index contributed by atoms with van der Waals surface area (Å²) in [5.41, 5.74) is -0.168. The van der Waals surface area contributed by atoms with Gasteiger partial charge in [0.15, 0.2) is 0 Å². The molecule has 2 fully saturated rings. The third-order valence-corrected chi connectivity index (χ3v) is 6.45. The Kier molecular flexibility index (Phi) is 4.46. The second kappa shape index (κ2) is 6.49. The van der Waals surface area contributed by atoms with Crippen LogP contribution >= 0.6 is 11.3 Å². The molecule has 2 saturated heterocycles. The highest BCUT2D eigenvalue weighted by molar-refractivity contribution is 7.16. The molecule has 0 radical (unpaired) electrons. The number of anilines is 1. The van der Waals surface area contributed by atoms with Gasteiger partial charge in [0.1, 0.15) is 16.5 Å². The summed E-state index contributed by atoms with van der Waals surface area (Å²) in [6.45, 7) is 8.16. The number of fused-ring (bicyclic) bond motifs is 1. The number of rotatable bonds is 2. The minimum Gasteiger partial charge on any atom is -0.393 e. The van der Waals surface area contributed by atoms with Gasteiger partial charge in [-0.1, -0.05) is 13.8 Å². The Bertz CT molecular complexity index is 752. The van der Waals surface area contributed by atoms with Gasteiger partial charge in [0.25, 0.3) is 0 Å². The molecular formula is C19H27N3O2S. The van der Waals surface area contributed by atoms with Crippen molar-refractivity contribution in [1.82, 2.24) is 9.97 Å². The molecule has 2 aliphatic heterocycles. The fourth-order valence-corrected chi connectivity index (χ4v) is 5.04. The average molecular weight is 362 g/mol. The Morgan fingerprint density at radius 2 is 2.08 bits per heavy atom. The Morgan fingerprint density at radius 1 is 1.32 bits per heavy atom. The normalized spacial score (nSPS) is 26.7. The third-order valence-electron chi connectivity index (χ3n) is 5.65. The fraction of sp³-hybridized carbons (Fsp3) is 0.684. The number of hydrogen-bond acceptors (Lipinski definition) is 6. The minimum atomic E-state index is -0.238. The molecule has 6 heteroatoms. The first-order chi connectivity index (χ1) is 12.0. The van der Waals surface area contributed by atoms with Gasteiger partial charge in [-0.05, 0) is 43.6 Å². The number of piperidine rings is 1. The molecule has 4 rings (SSSR count). The number of aryl methyl sites for hydroxylation is 1. The second-order valence-electron chi connectivity index (χ2n) is 7.90. The van der Waals surface area contributed by atoms with Crippen molar-refractivity contribution in [2.45, 2.75) is 64.3 Å². The molecule has 2 aromatic heterocycles. The zero-order valence-corrected chi connectivity index (χ0v) is 16.1. The number of aliphatic hydroxyl groups excluding tert-OH is 1. The highest BCUT2D eigenvalue weighted by atomic mass is 32.1. The van der Waals surface area contributed by atoms with Crippen molar-refractivity contribution < 1.29 is 9.84 Å². The summed E-state index contributed by atoms with van der Waals surface area (Å²) in [5.74, 6) is 2.32. The van der Waals surface area contributed by atoms with Gasteiger partial charge in [-0.2, -0.15) is 0 Å². The molecule has 25 heavy (non-hydrogen) atoms. The van der Waals surface area contributed by atoms with Gasteiger partial charge in [0, 0.05) is 19.5 Å². The Hall–Kier alpha value is -1.24. The number of hydrogen-bond donors (Lipinski definition) is 1. The molecule has 1 N–H and O–H groups in total. The largest absolute Gasteiger partial charge is 0.393 e. The summed E-state index contributed by atoms with van der Waals surface area (Å²) < 4.78 is 6.51. The van der Waals surface area contributed by atoms with Crippen molar-refractivity contribution in [2.75, 3.05) is 18.0 Å². The molecule has 5 nitrogen and oxygen atoms in total. The molecule has 0 amide bonds. The van der Waals surface area contributed by atoms with Crippen LogP contribution in [0.2, 0.25) is 0 Å². The van der Waals surface area contributed by atoms with Crippen molar-refractivity contribution in [3.8, 4) is 0 Å². The highest BCUT2D eigenvalue weighted by Gasteiger charge is 2.44. The van der Waals surface area contributed by atoms with E-state index in [1.807, 2.05) is 6.92 Å². The van der Waals surface area contributed by atoms with Gasteiger partial charge >= 0.3 is 0 Å². The summed E-state index contributed by atoms with van der Waals surface area (Å²) >= 11 is 1.67. The van der Waals surface area contributed by atoms with Gasteiger partial charge in [-0.3, -0.25) is 0 Å². The second-order valence-corrected chi connectivity index (χ2v) is 8.79. The lowest BCUT2D eigenvalue weighted by molar-refractivity contribution is -0.183. The van der Waals surface area contributed by atoms with E-state index in [1.54, 1.807) is 11.3 Å². The van der Waals surface area contributed by atoms with Crippen LogP contribution in [-0.4, -0.2) is 46.0 Å². The smallest absolute Gasteiger partial charge is 0.141 e. The van der Waals surface area contributed by atoms with E-state index in [1.165, 1.54) is 0 Å². The van der Waals surface area contributed by atoms with Crippen molar-refractivity contribution >= 4 is 27.4 Å². The van der Waals surface area contributed by atoms with E-state index in [0.29, 0.717) is 5.92 Å². The van der Waals surface area contributed by atoms with Crippen molar-refractivity contribution in [3.05, 3.63) is 17.3 Å². The minimum absolute atomic E-state index is 0.167. The van der Waals surface area contributed by atoms with Crippen LogP contribution in [0.5, 0.6) is 0 Å². The van der Waals surface area contributed by atoms with Crippen LogP contribution in [0.15, 0.2) is 11.4 Å². The maximum atomic E-state index is 10.4. The van der Waals surface area contributed by atoms with Gasteiger partial charge in [-0.25, -0.2) is 9.97 Å². The van der Waals surface area contributed by atoms with Crippen LogP contribution in [0.4, 0.5) is 5.82 Å². The van der Waals surface area contributed by atoms with Crippen LogP contribution in [0.1, 0.15) is 45.4 Å². The zero-order chi connectivity index (χ0) is 17.6. The van der Waals surface area contributed by atoms with E-state index in [9.17, 15) is 5.11 Å². The predicted octanol–water partition coefficient (Wildman–Crippen LogP) is 3.53. The molecule has 0 bridgehead atoms. The maximum absolute atomic E-state index is 10.4. The molecule has 4 heterocycles. The molecule has 2 atom stereocenters. The van der Waals surface area contributed by atoms with Crippen molar-refractivity contribution in [1.29, 1.82) is 0 Å². The third kappa shape index (κ3) is 3.27. The van der Waals surface area contributed by atoms with E-state index >= 15 is 0 Å². The Labute approximate surface area is 153 Å². The summed E-state index contributed by atoms with van der Waals surface area (Å²) in [6.07, 6.45) is 3.35. The molecule has 0 saturated carbocycles. The molecule has 0 aromatic carbocycles. The van der Waals surface area contributed by atoms with Gasteiger partial charge in [0.2, 0.25) is 0 Å². The number of ether oxygens (including phenoxy) is 1. The molecule has 0 unspecified atom stereocenters. The molecule has 1 spiro atoms. The number of aromatic nitrogens is 2. The lowest BCUT2D eigenvalue weighted by Gasteiger charge is -2.49. The topological polar surface area (TPSA) is 58.5 Å². The highest BCUT2D eigenvalue weighted by Crippen LogP contribution is 2.41. The quantitative estimate of drug-likeness (QED) is 0.887. The molecule has 136 valence electrons. The first-order valence-electron chi connectivity index (χ1n) is 9.28. The van der Waals surface area contributed by atoms with Gasteiger partial charge in [-0.15, -0.1) is 11.3 Å². The van der Waals surface area contributed by atoms with Crippen molar-refractivity contribution in [2.24, 2.45) is 5.92 Å². The van der Waals surface area contributed by atoms with Crippen LogP contribution in [0.25, 0.3) is 10.2 Å². The first-order valence-corrected chi connectivity index (χ1v) is 10.2. The number of aliphatic hydroxyl groups is 1. The van der Waals surface area contributed by atoms with Crippen LogP contribution in [-0.2, 0) is 4.74 Å². The molecule has 2 aromatic rings. The Morgan fingerprint density at radius 3 is 2.80 bits per heavy atom. The Balaban J connectivity index is 1.54. The SMILES string of the molecule is Cc1nc(N2CCC3(CC2)C[C@H](O)C[C@H](C(C)C)O3)c2ccsc2n1. The van der Waals surface area contributed by atoms with Crippen LogP contribution in [0, 0.1) is 12.8 Å². The lowest BCUT2D eigenvalue weighted by atomic mass is 9.80. The first kappa shape index (κ1) is 17.2. The predicted molar refractivity (Wildman–Crippen MR) is 101 cm³/mol. The average Bonchev–Trinajstić information content (AvgIpc) is 3.02. The number of nitrogens with zero attached hydrogens (tertiary/aromatic N) is 3. The monoisotopic (exact) mass is 361 g/mol. The summed E-state index contributed by atoms with van der Waals surface area (Å²) in [5, 5.41) is 13.6. The summed E-state index contributed by atoms with van der Waals surface area (Å²) in [6, 6.07) is 2.12. The van der Waals surface area contributed by atoms with Gasteiger partial charge < -0.3 is 14.7 Å². The molecular weight excluding hydrogens is 334 g/mol. The summed E-state index contributed by atoms with van der Waals surface area (Å²) in [7, 11) is 0. The molecule has 2 aliphatic rings. The van der Waals surface area contributed by atoms with E-state index in [0.717, 1.165) is 60.6 Å². The van der Waals surface area contributed by atoms with E-state index in [4.69, 9.17) is 9.72 Å². The lowest BCUT2D eigenvalue weighted by Crippen LogP contribution is -2.54. The fourth-order valence-electron chi connectivity index (χ4n) is 4.24. The summed E-state index contributed by atoms with van der Waals surface area (Å²) in [4.78, 5) is 12.7. The van der Waals surface area contributed by atoms with Crippen LogP contribution < -0.4 is 4.90 Å². The van der Waals surface area contributed by atoms with Crippen LogP contribution in [0.3, 0.4) is 0 Å². The van der Waals surface area contributed by atoms with E-state index < -0.39 is 0 Å². The standard InChI is InChI=1S/C19H27N3O2S/c1-12(2)16-10-14(23)11-19(24-16)5-7-22(8-6-19)17-15-4-9-25-18(15)21-13(3)20-17/h4,9,12,14,16,23H,5-8,10-11H2,1-3H3/t14-,16-/m1/s1. The van der Waals surface area contributed by atoms with E-state index in [-0.39, 0.29) is 17.8 Å². The zero-order valence-electron chi connectivity index (χ0n) is 15.2.